The van der Waals surface area contributed by atoms with E-state index in [0.29, 0.717) is 10.2 Å². The maximum atomic E-state index is 11.6. The highest BCUT2D eigenvalue weighted by molar-refractivity contribution is 9.10. The van der Waals surface area contributed by atoms with E-state index in [-0.39, 0.29) is 17.8 Å². The molecular formula is C11H12BrN3O3. The molecule has 1 aliphatic rings. The first-order chi connectivity index (χ1) is 8.56. The average molecular weight is 314 g/mol. The molecule has 1 saturated carbocycles. The monoisotopic (exact) mass is 313 g/mol. The van der Waals surface area contributed by atoms with E-state index >= 15 is 0 Å². The molecule has 0 radical (unpaired) electrons. The predicted octanol–water partition coefficient (Wildman–Crippen LogP) is 3.03. The lowest BCUT2D eigenvalue weighted by molar-refractivity contribution is -0.385. The lowest BCUT2D eigenvalue weighted by Crippen LogP contribution is -2.41. The molecule has 1 aliphatic carbocycles. The van der Waals surface area contributed by atoms with Gasteiger partial charge in [0.25, 0.3) is 5.69 Å². The quantitative estimate of drug-likeness (QED) is 0.664. The molecule has 0 atom stereocenters. The number of nitrogens with one attached hydrogen (secondary N) is 2. The zero-order valence-electron chi connectivity index (χ0n) is 9.48. The lowest BCUT2D eigenvalue weighted by Gasteiger charge is -2.26. The van der Waals surface area contributed by atoms with Crippen LogP contribution in [0, 0.1) is 10.1 Å². The Morgan fingerprint density at radius 3 is 2.72 bits per heavy atom. The Morgan fingerprint density at radius 2 is 2.17 bits per heavy atom. The predicted molar refractivity (Wildman–Crippen MR) is 70.6 cm³/mol. The van der Waals surface area contributed by atoms with Crippen LogP contribution in [0.2, 0.25) is 0 Å². The molecule has 2 rings (SSSR count). The number of amides is 2. The van der Waals surface area contributed by atoms with Gasteiger partial charge >= 0.3 is 6.03 Å². The third kappa shape index (κ3) is 2.98. The van der Waals surface area contributed by atoms with Crippen molar-refractivity contribution in [3.05, 3.63) is 32.8 Å². The summed E-state index contributed by atoms with van der Waals surface area (Å²) in [5, 5.41) is 16.1. The smallest absolute Gasteiger partial charge is 0.319 e. The fourth-order valence-corrected chi connectivity index (χ4v) is 2.03. The Kier molecular flexibility index (Phi) is 3.81. The van der Waals surface area contributed by atoms with Crippen molar-refractivity contribution in [1.29, 1.82) is 0 Å². The minimum absolute atomic E-state index is 0.0727. The van der Waals surface area contributed by atoms with Crippen molar-refractivity contribution < 1.29 is 9.72 Å². The standard InChI is InChI=1S/C11H12BrN3O3/c12-9-5-4-8(6-10(9)15(17)18)14-11(16)13-7-2-1-3-7/h4-7H,1-3H2,(H2,13,14,16). The van der Waals surface area contributed by atoms with Gasteiger partial charge in [0.1, 0.15) is 0 Å². The minimum atomic E-state index is -0.501. The number of carbonyl (C=O) groups is 1. The first kappa shape index (κ1) is 12.8. The van der Waals surface area contributed by atoms with E-state index < -0.39 is 4.92 Å². The van der Waals surface area contributed by atoms with Crippen LogP contribution < -0.4 is 10.6 Å². The second-order valence-corrected chi connectivity index (χ2v) is 5.00. The summed E-state index contributed by atoms with van der Waals surface area (Å²) >= 11 is 3.09. The first-order valence-electron chi connectivity index (χ1n) is 5.58. The summed E-state index contributed by atoms with van der Waals surface area (Å²) in [6, 6.07) is 4.38. The summed E-state index contributed by atoms with van der Waals surface area (Å²) in [6.45, 7) is 0. The molecule has 0 heterocycles. The van der Waals surface area contributed by atoms with Gasteiger partial charge in [-0.3, -0.25) is 10.1 Å². The molecule has 0 unspecified atom stereocenters. The molecule has 2 amide bonds. The molecule has 0 aliphatic heterocycles. The van der Waals surface area contributed by atoms with E-state index in [9.17, 15) is 14.9 Å². The third-order valence-electron chi connectivity index (χ3n) is 2.84. The van der Waals surface area contributed by atoms with Crippen LogP contribution in [0.4, 0.5) is 16.2 Å². The molecule has 1 fully saturated rings. The maximum Gasteiger partial charge on any atom is 0.319 e. The van der Waals surface area contributed by atoms with Crippen LogP contribution in [0.5, 0.6) is 0 Å². The number of urea groups is 1. The zero-order valence-corrected chi connectivity index (χ0v) is 11.1. The molecular weight excluding hydrogens is 302 g/mol. The van der Waals surface area contributed by atoms with Crippen LogP contribution in [-0.2, 0) is 0 Å². The fraction of sp³-hybridized carbons (Fsp3) is 0.364. The summed E-state index contributed by atoms with van der Waals surface area (Å²) in [6.07, 6.45) is 3.12. The fourth-order valence-electron chi connectivity index (χ4n) is 1.64. The van der Waals surface area contributed by atoms with Gasteiger partial charge in [0, 0.05) is 17.8 Å². The minimum Gasteiger partial charge on any atom is -0.335 e. The highest BCUT2D eigenvalue weighted by Crippen LogP contribution is 2.27. The Morgan fingerprint density at radius 1 is 1.44 bits per heavy atom. The second-order valence-electron chi connectivity index (χ2n) is 4.15. The molecule has 0 spiro atoms. The Hall–Kier alpha value is -1.63. The van der Waals surface area contributed by atoms with E-state index in [1.807, 2.05) is 0 Å². The number of benzene rings is 1. The van der Waals surface area contributed by atoms with E-state index in [4.69, 9.17) is 0 Å². The van der Waals surface area contributed by atoms with Crippen LogP contribution in [0.1, 0.15) is 19.3 Å². The lowest BCUT2D eigenvalue weighted by atomic mass is 9.93. The summed E-state index contributed by atoms with van der Waals surface area (Å²) < 4.78 is 0.387. The second kappa shape index (κ2) is 5.34. The summed E-state index contributed by atoms with van der Waals surface area (Å²) in [5.41, 5.74) is 0.332. The highest BCUT2D eigenvalue weighted by atomic mass is 79.9. The largest absolute Gasteiger partial charge is 0.335 e. The SMILES string of the molecule is O=C(Nc1ccc(Br)c([N+](=O)[O-])c1)NC1CCC1. The topological polar surface area (TPSA) is 84.3 Å². The highest BCUT2D eigenvalue weighted by Gasteiger charge is 2.20. The van der Waals surface area contributed by atoms with Crippen molar-refractivity contribution in [2.45, 2.75) is 25.3 Å². The molecule has 1 aromatic carbocycles. The normalized spacial score (nSPS) is 14.7. The van der Waals surface area contributed by atoms with Gasteiger partial charge in [-0.2, -0.15) is 0 Å². The molecule has 96 valence electrons. The zero-order chi connectivity index (χ0) is 13.1. The van der Waals surface area contributed by atoms with Gasteiger partial charge in [-0.15, -0.1) is 0 Å². The van der Waals surface area contributed by atoms with Crippen molar-refractivity contribution in [3.63, 3.8) is 0 Å². The van der Waals surface area contributed by atoms with Gasteiger partial charge in [-0.05, 0) is 47.3 Å². The van der Waals surface area contributed by atoms with Crippen molar-refractivity contribution in [2.75, 3.05) is 5.32 Å². The van der Waals surface area contributed by atoms with Gasteiger partial charge in [-0.1, -0.05) is 0 Å². The van der Waals surface area contributed by atoms with E-state index in [2.05, 4.69) is 26.6 Å². The summed E-state index contributed by atoms with van der Waals surface area (Å²) in [7, 11) is 0. The summed E-state index contributed by atoms with van der Waals surface area (Å²) in [4.78, 5) is 21.8. The van der Waals surface area contributed by atoms with E-state index in [1.54, 1.807) is 6.07 Å². The number of nitro groups is 1. The van der Waals surface area contributed by atoms with Gasteiger partial charge in [0.05, 0.1) is 9.40 Å². The first-order valence-corrected chi connectivity index (χ1v) is 6.37. The van der Waals surface area contributed by atoms with E-state index in [1.165, 1.54) is 12.1 Å². The Labute approximate surface area is 112 Å². The number of nitro benzene ring substituents is 1. The Bertz CT molecular complexity index is 488. The van der Waals surface area contributed by atoms with Crippen molar-refractivity contribution in [1.82, 2.24) is 5.32 Å². The van der Waals surface area contributed by atoms with Crippen LogP contribution in [0.3, 0.4) is 0 Å². The molecule has 7 heteroatoms. The number of hydrogen-bond donors (Lipinski definition) is 2. The maximum absolute atomic E-state index is 11.6. The third-order valence-corrected chi connectivity index (χ3v) is 3.51. The summed E-state index contributed by atoms with van der Waals surface area (Å²) in [5.74, 6) is 0. The van der Waals surface area contributed by atoms with Crippen molar-refractivity contribution in [2.24, 2.45) is 0 Å². The van der Waals surface area contributed by atoms with Gasteiger partial charge in [0.15, 0.2) is 0 Å². The molecule has 18 heavy (non-hydrogen) atoms. The van der Waals surface area contributed by atoms with Gasteiger partial charge < -0.3 is 10.6 Å². The molecule has 2 N–H and O–H groups in total. The van der Waals surface area contributed by atoms with Crippen molar-refractivity contribution >= 4 is 33.3 Å². The van der Waals surface area contributed by atoms with Crippen LogP contribution in [-0.4, -0.2) is 17.0 Å². The van der Waals surface area contributed by atoms with Crippen LogP contribution in [0.15, 0.2) is 22.7 Å². The molecule has 0 bridgehead atoms. The van der Waals surface area contributed by atoms with Gasteiger partial charge in [-0.25, -0.2) is 4.79 Å². The van der Waals surface area contributed by atoms with Crippen molar-refractivity contribution in [3.8, 4) is 0 Å². The number of halogens is 1. The number of nitrogens with zero attached hydrogens (tertiary/aromatic N) is 1. The van der Waals surface area contributed by atoms with E-state index in [0.717, 1.165) is 19.3 Å². The number of hydrogen-bond acceptors (Lipinski definition) is 3. The Balaban J connectivity index is 2.02. The molecule has 1 aromatic rings. The molecule has 0 aromatic heterocycles. The van der Waals surface area contributed by atoms with Crippen LogP contribution in [0.25, 0.3) is 0 Å². The number of anilines is 1. The average Bonchev–Trinajstić information content (AvgIpc) is 2.26. The molecule has 0 saturated heterocycles. The molecule has 6 nitrogen and oxygen atoms in total. The van der Waals surface area contributed by atoms with Crippen LogP contribution >= 0.6 is 15.9 Å². The number of carbonyl (C=O) groups excluding carboxylic acids is 1. The number of rotatable bonds is 3. The van der Waals surface area contributed by atoms with Gasteiger partial charge in [0.2, 0.25) is 0 Å².